The third-order valence-electron chi connectivity index (χ3n) is 3.53. The van der Waals surface area contributed by atoms with E-state index in [1.165, 1.54) is 11.3 Å². The van der Waals surface area contributed by atoms with E-state index in [0.717, 1.165) is 16.1 Å². The Hall–Kier alpha value is -2.21. The van der Waals surface area contributed by atoms with Crippen molar-refractivity contribution >= 4 is 23.2 Å². The second kappa shape index (κ2) is 7.37. The van der Waals surface area contributed by atoms with Crippen molar-refractivity contribution in [2.75, 3.05) is 6.54 Å². The van der Waals surface area contributed by atoms with E-state index in [4.69, 9.17) is 0 Å². The van der Waals surface area contributed by atoms with Gasteiger partial charge in [-0.25, -0.2) is 4.98 Å². The number of rotatable bonds is 6. The number of benzene rings is 1. The molecule has 1 unspecified atom stereocenters. The molecule has 0 radical (unpaired) electrons. The standard InChI is InChI=1S/C17H20N2O3S/c1-10-5-4-6-13(7-10)8-14(17(21)22)9-18-16(20)15-11(2)19-12(3)23-15/h4-7,14H,8-9H2,1-3H3,(H,18,20)(H,21,22). The van der Waals surface area contributed by atoms with Crippen molar-refractivity contribution in [1.82, 2.24) is 10.3 Å². The van der Waals surface area contributed by atoms with Crippen molar-refractivity contribution in [3.8, 4) is 0 Å². The van der Waals surface area contributed by atoms with Crippen LogP contribution in [0.2, 0.25) is 0 Å². The Kier molecular flexibility index (Phi) is 5.50. The first-order chi connectivity index (χ1) is 10.9. The highest BCUT2D eigenvalue weighted by Crippen LogP contribution is 2.17. The fourth-order valence-corrected chi connectivity index (χ4v) is 3.24. The van der Waals surface area contributed by atoms with Gasteiger partial charge in [0.05, 0.1) is 16.6 Å². The monoisotopic (exact) mass is 332 g/mol. The van der Waals surface area contributed by atoms with Crippen molar-refractivity contribution in [3.63, 3.8) is 0 Å². The fraction of sp³-hybridized carbons (Fsp3) is 0.353. The summed E-state index contributed by atoms with van der Waals surface area (Å²) in [6.07, 6.45) is 0.387. The number of nitrogens with one attached hydrogen (secondary N) is 1. The molecule has 1 aromatic carbocycles. The lowest BCUT2D eigenvalue weighted by Crippen LogP contribution is -2.34. The number of amides is 1. The maximum atomic E-state index is 12.2. The number of hydrogen-bond donors (Lipinski definition) is 2. The highest BCUT2D eigenvalue weighted by atomic mass is 32.1. The predicted octanol–water partition coefficient (Wildman–Crippen LogP) is 2.74. The maximum Gasteiger partial charge on any atom is 0.308 e. The first-order valence-electron chi connectivity index (χ1n) is 7.37. The Bertz CT molecular complexity index is 724. The number of carboxylic acids is 1. The van der Waals surface area contributed by atoms with E-state index < -0.39 is 11.9 Å². The van der Waals surface area contributed by atoms with E-state index in [9.17, 15) is 14.7 Å². The number of thiazole rings is 1. The van der Waals surface area contributed by atoms with Crippen LogP contribution in [0, 0.1) is 26.7 Å². The van der Waals surface area contributed by atoms with Crippen LogP contribution < -0.4 is 5.32 Å². The Balaban J connectivity index is 2.01. The molecule has 0 saturated carbocycles. The van der Waals surface area contributed by atoms with E-state index in [1.807, 2.05) is 38.1 Å². The van der Waals surface area contributed by atoms with Gasteiger partial charge >= 0.3 is 5.97 Å². The second-order valence-corrected chi connectivity index (χ2v) is 6.79. The Labute approximate surface area is 139 Å². The quantitative estimate of drug-likeness (QED) is 0.852. The summed E-state index contributed by atoms with van der Waals surface area (Å²) in [7, 11) is 0. The van der Waals surface area contributed by atoms with Crippen LogP contribution in [0.4, 0.5) is 0 Å². The zero-order valence-corrected chi connectivity index (χ0v) is 14.2. The molecule has 1 aromatic heterocycles. The van der Waals surface area contributed by atoms with Gasteiger partial charge in [-0.2, -0.15) is 0 Å². The molecule has 1 amide bonds. The normalized spacial score (nSPS) is 12.0. The molecule has 0 spiro atoms. The van der Waals surface area contributed by atoms with Gasteiger partial charge in [-0.1, -0.05) is 29.8 Å². The summed E-state index contributed by atoms with van der Waals surface area (Å²) in [4.78, 5) is 28.4. The minimum absolute atomic E-state index is 0.0957. The molecule has 2 rings (SSSR count). The predicted molar refractivity (Wildman–Crippen MR) is 89.9 cm³/mol. The summed E-state index contributed by atoms with van der Waals surface area (Å²) < 4.78 is 0. The van der Waals surface area contributed by atoms with E-state index in [-0.39, 0.29) is 12.5 Å². The minimum atomic E-state index is -0.913. The van der Waals surface area contributed by atoms with Crippen LogP contribution in [-0.4, -0.2) is 28.5 Å². The first kappa shape index (κ1) is 17.1. The number of nitrogens with zero attached hydrogens (tertiary/aromatic N) is 1. The Morgan fingerprint density at radius 3 is 2.61 bits per heavy atom. The number of hydrogen-bond acceptors (Lipinski definition) is 4. The molecule has 2 N–H and O–H groups in total. The highest BCUT2D eigenvalue weighted by molar-refractivity contribution is 7.13. The fourth-order valence-electron chi connectivity index (χ4n) is 2.41. The van der Waals surface area contributed by atoms with Gasteiger partial charge in [-0.15, -0.1) is 11.3 Å². The molecule has 0 fully saturated rings. The lowest BCUT2D eigenvalue weighted by molar-refractivity contribution is -0.141. The third kappa shape index (κ3) is 4.63. The van der Waals surface area contributed by atoms with Crippen molar-refractivity contribution in [3.05, 3.63) is 51.0 Å². The van der Waals surface area contributed by atoms with Crippen LogP contribution in [-0.2, 0) is 11.2 Å². The van der Waals surface area contributed by atoms with Gasteiger partial charge < -0.3 is 10.4 Å². The molecule has 0 aliphatic heterocycles. The largest absolute Gasteiger partial charge is 0.481 e. The summed E-state index contributed by atoms with van der Waals surface area (Å²) in [5.74, 6) is -1.83. The number of aromatic nitrogens is 1. The van der Waals surface area contributed by atoms with Gasteiger partial charge in [0.1, 0.15) is 4.88 Å². The van der Waals surface area contributed by atoms with E-state index in [2.05, 4.69) is 10.3 Å². The average molecular weight is 332 g/mol. The summed E-state index contributed by atoms with van der Waals surface area (Å²) in [5.41, 5.74) is 2.72. The van der Waals surface area contributed by atoms with E-state index in [1.54, 1.807) is 6.92 Å². The lowest BCUT2D eigenvalue weighted by Gasteiger charge is -2.13. The van der Waals surface area contributed by atoms with Crippen molar-refractivity contribution in [2.45, 2.75) is 27.2 Å². The van der Waals surface area contributed by atoms with Crippen LogP contribution in [0.5, 0.6) is 0 Å². The smallest absolute Gasteiger partial charge is 0.308 e. The van der Waals surface area contributed by atoms with Crippen molar-refractivity contribution in [1.29, 1.82) is 0 Å². The molecule has 0 saturated heterocycles. The van der Waals surface area contributed by atoms with Crippen LogP contribution in [0.15, 0.2) is 24.3 Å². The third-order valence-corrected chi connectivity index (χ3v) is 4.60. The number of carbonyl (C=O) groups excluding carboxylic acids is 1. The first-order valence-corrected chi connectivity index (χ1v) is 8.19. The average Bonchev–Trinajstić information content (AvgIpc) is 2.81. The number of carboxylic acid groups (broad SMARTS) is 1. The van der Waals surface area contributed by atoms with Gasteiger partial charge in [-0.05, 0) is 32.8 Å². The topological polar surface area (TPSA) is 79.3 Å². The Morgan fingerprint density at radius 1 is 1.30 bits per heavy atom. The molecular weight excluding hydrogens is 312 g/mol. The molecule has 2 aromatic rings. The van der Waals surface area contributed by atoms with Crippen LogP contribution >= 0.6 is 11.3 Å². The zero-order valence-electron chi connectivity index (χ0n) is 13.4. The lowest BCUT2D eigenvalue weighted by atomic mass is 9.98. The van der Waals surface area contributed by atoms with Gasteiger partial charge in [0.25, 0.3) is 5.91 Å². The molecule has 0 aliphatic rings. The molecule has 23 heavy (non-hydrogen) atoms. The van der Waals surface area contributed by atoms with Crippen LogP contribution in [0.3, 0.4) is 0 Å². The molecule has 0 aliphatic carbocycles. The molecule has 1 heterocycles. The summed E-state index contributed by atoms with van der Waals surface area (Å²) >= 11 is 1.32. The van der Waals surface area contributed by atoms with Crippen LogP contribution in [0.1, 0.15) is 31.5 Å². The van der Waals surface area contributed by atoms with Crippen LogP contribution in [0.25, 0.3) is 0 Å². The minimum Gasteiger partial charge on any atom is -0.481 e. The second-order valence-electron chi connectivity index (χ2n) is 5.59. The van der Waals surface area contributed by atoms with E-state index >= 15 is 0 Å². The van der Waals surface area contributed by atoms with Crippen molar-refractivity contribution < 1.29 is 14.7 Å². The molecule has 6 heteroatoms. The zero-order chi connectivity index (χ0) is 17.0. The SMILES string of the molecule is Cc1cccc(CC(CNC(=O)c2sc(C)nc2C)C(=O)O)c1. The Morgan fingerprint density at radius 2 is 2.04 bits per heavy atom. The highest BCUT2D eigenvalue weighted by Gasteiger charge is 2.21. The number of aliphatic carboxylic acids is 1. The molecule has 1 atom stereocenters. The number of aryl methyl sites for hydroxylation is 3. The van der Waals surface area contributed by atoms with Gasteiger partial charge in [0, 0.05) is 6.54 Å². The summed E-state index contributed by atoms with van der Waals surface area (Å²) in [6.45, 7) is 5.68. The van der Waals surface area contributed by atoms with Gasteiger partial charge in [0.15, 0.2) is 0 Å². The van der Waals surface area contributed by atoms with Gasteiger partial charge in [0.2, 0.25) is 0 Å². The maximum absolute atomic E-state index is 12.2. The molecule has 0 bridgehead atoms. The summed E-state index contributed by atoms with van der Waals surface area (Å²) in [6, 6.07) is 7.75. The van der Waals surface area contributed by atoms with Crippen molar-refractivity contribution in [2.24, 2.45) is 5.92 Å². The van der Waals surface area contributed by atoms with E-state index in [0.29, 0.717) is 17.0 Å². The van der Waals surface area contributed by atoms with Gasteiger partial charge in [-0.3, -0.25) is 9.59 Å². The molecule has 5 nitrogen and oxygen atoms in total. The molecule has 122 valence electrons. The molecular formula is C17H20N2O3S. The number of carbonyl (C=O) groups is 2. The summed E-state index contributed by atoms with van der Waals surface area (Å²) in [5, 5.41) is 12.9.